The fourth-order valence-corrected chi connectivity index (χ4v) is 0.928. The van der Waals surface area contributed by atoms with E-state index in [-0.39, 0.29) is 5.56 Å². The summed E-state index contributed by atoms with van der Waals surface area (Å²) in [6.07, 6.45) is -2.41. The fourth-order valence-electron chi connectivity index (χ4n) is 0.928. The normalized spacial score (nSPS) is 9.46. The topological polar surface area (TPSA) is 12.9 Å². The predicted molar refractivity (Wildman–Crippen MR) is 50.0 cm³/mol. The van der Waals surface area contributed by atoms with Gasteiger partial charge in [-0.15, -0.1) is 0 Å². The van der Waals surface area contributed by atoms with Gasteiger partial charge in [-0.1, -0.05) is 13.8 Å². The Balaban J connectivity index is 0.000000671. The van der Waals surface area contributed by atoms with Gasteiger partial charge in [0.15, 0.2) is 0 Å². The molecule has 74 valence electrons. The van der Waals surface area contributed by atoms with Crippen molar-refractivity contribution in [3.8, 4) is 0 Å². The minimum Gasteiger partial charge on any atom is -0.258 e. The van der Waals surface area contributed by atoms with E-state index in [1.807, 2.05) is 13.8 Å². The van der Waals surface area contributed by atoms with Crippen molar-refractivity contribution in [3.05, 3.63) is 29.1 Å². The molecule has 1 rings (SSSR count). The van der Waals surface area contributed by atoms with Gasteiger partial charge in [0, 0.05) is 17.0 Å². The molecule has 0 bridgehead atoms. The summed E-state index contributed by atoms with van der Waals surface area (Å²) in [7, 11) is 0. The lowest BCUT2D eigenvalue weighted by molar-refractivity contribution is 0.150. The minimum absolute atomic E-state index is 0.0237. The third-order valence-electron chi connectivity index (χ3n) is 1.50. The van der Waals surface area contributed by atoms with Crippen molar-refractivity contribution >= 4 is 0 Å². The molecule has 0 spiro atoms. The summed E-state index contributed by atoms with van der Waals surface area (Å²) < 4.78 is 24.2. The molecular weight excluding hydrogens is 172 g/mol. The molecule has 0 unspecified atom stereocenters. The minimum atomic E-state index is -2.41. The van der Waals surface area contributed by atoms with Gasteiger partial charge in [0.1, 0.15) is 0 Å². The summed E-state index contributed by atoms with van der Waals surface area (Å²) >= 11 is 0. The van der Waals surface area contributed by atoms with Crippen LogP contribution in [0, 0.1) is 13.8 Å². The molecule has 0 aliphatic rings. The monoisotopic (exact) mass is 187 g/mol. The molecular formula is C10H15F2N. The molecule has 0 saturated heterocycles. The molecule has 0 N–H and O–H groups in total. The van der Waals surface area contributed by atoms with Gasteiger partial charge in [0.25, 0.3) is 6.43 Å². The highest BCUT2D eigenvalue weighted by Gasteiger charge is 2.10. The van der Waals surface area contributed by atoms with Crippen LogP contribution in [0.3, 0.4) is 0 Å². The van der Waals surface area contributed by atoms with Gasteiger partial charge in [0.05, 0.1) is 0 Å². The van der Waals surface area contributed by atoms with Crippen molar-refractivity contribution in [3.63, 3.8) is 0 Å². The van der Waals surface area contributed by atoms with Crippen molar-refractivity contribution in [1.29, 1.82) is 0 Å². The van der Waals surface area contributed by atoms with Gasteiger partial charge in [-0.2, -0.15) is 0 Å². The van der Waals surface area contributed by atoms with Gasteiger partial charge < -0.3 is 0 Å². The van der Waals surface area contributed by atoms with Gasteiger partial charge in [-0.25, -0.2) is 8.78 Å². The third kappa shape index (κ3) is 3.49. The fraction of sp³-hybridized carbons (Fsp3) is 0.500. The average molecular weight is 187 g/mol. The molecule has 13 heavy (non-hydrogen) atoms. The zero-order valence-electron chi connectivity index (χ0n) is 8.44. The first kappa shape index (κ1) is 12.0. The summed E-state index contributed by atoms with van der Waals surface area (Å²) in [5.41, 5.74) is 1.21. The zero-order chi connectivity index (χ0) is 10.4. The Morgan fingerprint density at radius 3 is 2.08 bits per heavy atom. The number of aromatic nitrogens is 1. The van der Waals surface area contributed by atoms with Crippen LogP contribution in [-0.4, -0.2) is 4.98 Å². The number of aryl methyl sites for hydroxylation is 2. The van der Waals surface area contributed by atoms with Crippen molar-refractivity contribution in [1.82, 2.24) is 4.98 Å². The molecule has 0 radical (unpaired) electrons. The average Bonchev–Trinajstić information content (AvgIpc) is 2.07. The van der Waals surface area contributed by atoms with E-state index in [0.717, 1.165) is 5.69 Å². The molecule has 0 fully saturated rings. The van der Waals surface area contributed by atoms with E-state index in [0.29, 0.717) is 5.69 Å². The Hall–Kier alpha value is -0.990. The number of alkyl halides is 2. The van der Waals surface area contributed by atoms with E-state index in [9.17, 15) is 8.78 Å². The van der Waals surface area contributed by atoms with Crippen LogP contribution < -0.4 is 0 Å². The van der Waals surface area contributed by atoms with Crippen LogP contribution in [0.2, 0.25) is 0 Å². The number of hydrogen-bond donors (Lipinski definition) is 0. The van der Waals surface area contributed by atoms with Crippen LogP contribution in [0.5, 0.6) is 0 Å². The lowest BCUT2D eigenvalue weighted by atomic mass is 10.2. The van der Waals surface area contributed by atoms with E-state index < -0.39 is 6.43 Å². The van der Waals surface area contributed by atoms with Crippen molar-refractivity contribution in [2.24, 2.45) is 0 Å². The summed E-state index contributed by atoms with van der Waals surface area (Å²) in [6.45, 7) is 7.37. The van der Waals surface area contributed by atoms with Gasteiger partial charge in [0.2, 0.25) is 0 Å². The van der Waals surface area contributed by atoms with Crippen LogP contribution in [0.1, 0.15) is 37.2 Å². The summed E-state index contributed by atoms with van der Waals surface area (Å²) in [5, 5.41) is 0. The Kier molecular flexibility index (Phi) is 5.19. The Bertz CT molecular complexity index is 259. The standard InChI is InChI=1S/C8H9F2N.C2H6/c1-5-3-4-7(8(9)10)6(2)11-5;1-2/h3-4,8H,1-2H3;1-2H3. The van der Waals surface area contributed by atoms with E-state index in [4.69, 9.17) is 0 Å². The van der Waals surface area contributed by atoms with Crippen LogP contribution in [-0.2, 0) is 0 Å². The quantitative estimate of drug-likeness (QED) is 0.653. The smallest absolute Gasteiger partial charge is 0.258 e. The van der Waals surface area contributed by atoms with E-state index >= 15 is 0 Å². The summed E-state index contributed by atoms with van der Waals surface area (Å²) in [6, 6.07) is 3.01. The number of rotatable bonds is 1. The second-order valence-corrected chi connectivity index (χ2v) is 2.43. The first-order chi connectivity index (χ1) is 6.11. The Morgan fingerprint density at radius 1 is 1.15 bits per heavy atom. The van der Waals surface area contributed by atoms with Gasteiger partial charge in [-0.05, 0) is 26.0 Å². The summed E-state index contributed by atoms with van der Waals surface area (Å²) in [4.78, 5) is 3.91. The molecule has 0 aromatic carbocycles. The van der Waals surface area contributed by atoms with Gasteiger partial charge >= 0.3 is 0 Å². The lowest BCUT2D eigenvalue weighted by Gasteiger charge is -2.03. The molecule has 3 heteroatoms. The lowest BCUT2D eigenvalue weighted by Crippen LogP contribution is -1.94. The molecule has 0 atom stereocenters. The summed E-state index contributed by atoms with van der Waals surface area (Å²) in [5.74, 6) is 0. The highest BCUT2D eigenvalue weighted by Crippen LogP contribution is 2.20. The third-order valence-corrected chi connectivity index (χ3v) is 1.50. The maximum Gasteiger partial charge on any atom is 0.265 e. The van der Waals surface area contributed by atoms with E-state index in [1.54, 1.807) is 19.9 Å². The Labute approximate surface area is 77.8 Å². The second-order valence-electron chi connectivity index (χ2n) is 2.43. The number of nitrogens with zero attached hydrogens (tertiary/aromatic N) is 1. The van der Waals surface area contributed by atoms with Crippen molar-refractivity contribution < 1.29 is 8.78 Å². The first-order valence-corrected chi connectivity index (χ1v) is 4.33. The SMILES string of the molecule is CC.Cc1ccc(C(F)F)c(C)n1. The van der Waals surface area contributed by atoms with Gasteiger partial charge in [-0.3, -0.25) is 4.98 Å². The van der Waals surface area contributed by atoms with Crippen molar-refractivity contribution in [2.45, 2.75) is 34.1 Å². The maximum absolute atomic E-state index is 12.1. The molecule has 0 saturated carbocycles. The van der Waals surface area contributed by atoms with Crippen molar-refractivity contribution in [2.75, 3.05) is 0 Å². The number of halogens is 2. The molecule has 0 amide bonds. The molecule has 0 aliphatic heterocycles. The van der Waals surface area contributed by atoms with E-state index in [2.05, 4.69) is 4.98 Å². The molecule has 1 aromatic rings. The van der Waals surface area contributed by atoms with Crippen LogP contribution >= 0.6 is 0 Å². The first-order valence-electron chi connectivity index (χ1n) is 4.33. The number of hydrogen-bond acceptors (Lipinski definition) is 1. The van der Waals surface area contributed by atoms with E-state index in [1.165, 1.54) is 6.07 Å². The Morgan fingerprint density at radius 2 is 1.69 bits per heavy atom. The maximum atomic E-state index is 12.1. The second kappa shape index (κ2) is 5.62. The molecule has 0 aliphatic carbocycles. The number of pyridine rings is 1. The van der Waals surface area contributed by atoms with Crippen LogP contribution in [0.15, 0.2) is 12.1 Å². The highest BCUT2D eigenvalue weighted by molar-refractivity contribution is 5.22. The zero-order valence-corrected chi connectivity index (χ0v) is 8.44. The molecule has 1 heterocycles. The highest BCUT2D eigenvalue weighted by atomic mass is 19.3. The molecule has 1 nitrogen and oxygen atoms in total. The van der Waals surface area contributed by atoms with Crippen LogP contribution in [0.25, 0.3) is 0 Å². The predicted octanol–water partition coefficient (Wildman–Crippen LogP) is 3.66. The van der Waals surface area contributed by atoms with Crippen LogP contribution in [0.4, 0.5) is 8.78 Å². The molecule has 1 aromatic heterocycles. The largest absolute Gasteiger partial charge is 0.265 e.